The van der Waals surface area contributed by atoms with Gasteiger partial charge in [-0.15, -0.1) is 0 Å². The molecule has 146 valence electrons. The summed E-state index contributed by atoms with van der Waals surface area (Å²) >= 11 is 0. The summed E-state index contributed by atoms with van der Waals surface area (Å²) in [6.07, 6.45) is 0. The molecule has 28 heavy (non-hydrogen) atoms. The average molecular weight is 383 g/mol. The van der Waals surface area contributed by atoms with Gasteiger partial charge in [0.25, 0.3) is 11.6 Å². The van der Waals surface area contributed by atoms with Crippen molar-refractivity contribution in [1.29, 1.82) is 0 Å². The number of nitro benzene ring substituents is 1. The number of anilines is 1. The molecule has 0 aromatic heterocycles. The molecule has 0 unspecified atom stereocenters. The first-order valence-electron chi connectivity index (χ1n) is 9.05. The maximum atomic E-state index is 12.9. The second kappa shape index (κ2) is 8.51. The number of benzene rings is 2. The number of hydrogen-bond donors (Lipinski definition) is 0. The molecule has 2 aromatic rings. The fourth-order valence-corrected chi connectivity index (χ4v) is 3.16. The summed E-state index contributed by atoms with van der Waals surface area (Å²) in [5, 5.41) is 11.2. The van der Waals surface area contributed by atoms with Crippen molar-refractivity contribution < 1.29 is 19.2 Å². The molecule has 0 bridgehead atoms. The quantitative estimate of drug-likeness (QED) is 0.448. The molecule has 1 amide bonds. The van der Waals surface area contributed by atoms with Gasteiger partial charge in [-0.05, 0) is 25.1 Å². The van der Waals surface area contributed by atoms with E-state index < -0.39 is 10.9 Å². The highest BCUT2D eigenvalue weighted by atomic mass is 16.6. The van der Waals surface area contributed by atoms with Crippen LogP contribution in [0.2, 0.25) is 0 Å². The number of nitro groups is 1. The lowest BCUT2D eigenvalue weighted by Gasteiger charge is -2.36. The van der Waals surface area contributed by atoms with Gasteiger partial charge in [0.1, 0.15) is 0 Å². The fraction of sp³-hybridized carbons (Fsp3) is 0.300. The van der Waals surface area contributed by atoms with E-state index in [1.54, 1.807) is 11.8 Å². The Morgan fingerprint density at radius 1 is 1.04 bits per heavy atom. The fourth-order valence-electron chi connectivity index (χ4n) is 3.16. The van der Waals surface area contributed by atoms with Gasteiger partial charge in [-0.1, -0.05) is 18.2 Å². The highest BCUT2D eigenvalue weighted by Crippen LogP contribution is 2.21. The van der Waals surface area contributed by atoms with E-state index in [2.05, 4.69) is 4.90 Å². The van der Waals surface area contributed by atoms with Crippen molar-refractivity contribution in [2.75, 3.05) is 37.7 Å². The molecule has 0 radical (unpaired) electrons. The highest BCUT2D eigenvalue weighted by Gasteiger charge is 2.25. The largest absolute Gasteiger partial charge is 0.462 e. The van der Waals surface area contributed by atoms with Gasteiger partial charge in [-0.25, -0.2) is 4.79 Å². The van der Waals surface area contributed by atoms with E-state index in [1.807, 2.05) is 30.3 Å². The van der Waals surface area contributed by atoms with E-state index in [0.717, 1.165) is 11.8 Å². The molecule has 1 fully saturated rings. The maximum absolute atomic E-state index is 12.9. The Bertz CT molecular complexity index is 877. The van der Waals surface area contributed by atoms with Gasteiger partial charge in [0, 0.05) is 49.6 Å². The first-order valence-corrected chi connectivity index (χ1v) is 9.05. The Kier molecular flexibility index (Phi) is 5.88. The Labute approximate surface area is 162 Å². The Hall–Kier alpha value is -3.42. The first-order chi connectivity index (χ1) is 13.5. The van der Waals surface area contributed by atoms with Crippen LogP contribution in [0.3, 0.4) is 0 Å². The maximum Gasteiger partial charge on any atom is 0.338 e. The van der Waals surface area contributed by atoms with E-state index in [0.29, 0.717) is 26.2 Å². The minimum absolute atomic E-state index is 0.00215. The molecule has 8 heteroatoms. The number of carbonyl (C=O) groups is 2. The molecule has 3 rings (SSSR count). The van der Waals surface area contributed by atoms with Gasteiger partial charge in [0.2, 0.25) is 0 Å². The topological polar surface area (TPSA) is 93.0 Å². The second-order valence-electron chi connectivity index (χ2n) is 6.36. The van der Waals surface area contributed by atoms with Crippen molar-refractivity contribution in [3.8, 4) is 0 Å². The number of rotatable bonds is 5. The smallest absolute Gasteiger partial charge is 0.338 e. The van der Waals surface area contributed by atoms with Gasteiger partial charge in [0.15, 0.2) is 0 Å². The van der Waals surface area contributed by atoms with E-state index in [9.17, 15) is 19.7 Å². The number of carbonyl (C=O) groups excluding carboxylic acids is 2. The zero-order valence-electron chi connectivity index (χ0n) is 15.5. The third-order valence-corrected chi connectivity index (χ3v) is 4.57. The van der Waals surface area contributed by atoms with Crippen molar-refractivity contribution in [2.24, 2.45) is 0 Å². The predicted molar refractivity (Wildman–Crippen MR) is 104 cm³/mol. The normalized spacial score (nSPS) is 13.9. The van der Waals surface area contributed by atoms with Crippen LogP contribution in [0, 0.1) is 10.1 Å². The summed E-state index contributed by atoms with van der Waals surface area (Å²) in [6.45, 7) is 4.10. The van der Waals surface area contributed by atoms with Crippen LogP contribution >= 0.6 is 0 Å². The monoisotopic (exact) mass is 383 g/mol. The molecule has 1 aliphatic heterocycles. The van der Waals surface area contributed by atoms with Gasteiger partial charge in [0.05, 0.1) is 17.1 Å². The molecule has 1 heterocycles. The number of piperazine rings is 1. The molecular formula is C20H21N3O5. The standard InChI is InChI=1S/C20H21N3O5/c1-2-28-20(25)16-12-15(13-18(14-16)23(26)27)19(24)22-10-8-21(9-11-22)17-6-4-3-5-7-17/h3-7,12-14H,2,8-11H2,1H3. The summed E-state index contributed by atoms with van der Waals surface area (Å²) in [4.78, 5) is 39.3. The Balaban J connectivity index is 1.77. The number of esters is 1. The lowest BCUT2D eigenvalue weighted by atomic mass is 10.1. The van der Waals surface area contributed by atoms with E-state index >= 15 is 0 Å². The van der Waals surface area contributed by atoms with Crippen LogP contribution in [0.1, 0.15) is 27.6 Å². The summed E-state index contributed by atoms with van der Waals surface area (Å²) in [5.74, 6) is -1.02. The summed E-state index contributed by atoms with van der Waals surface area (Å²) < 4.78 is 4.91. The van der Waals surface area contributed by atoms with Crippen molar-refractivity contribution in [3.05, 3.63) is 69.8 Å². The average Bonchev–Trinajstić information content (AvgIpc) is 2.73. The molecule has 8 nitrogen and oxygen atoms in total. The third kappa shape index (κ3) is 4.28. The van der Waals surface area contributed by atoms with Crippen molar-refractivity contribution >= 4 is 23.3 Å². The summed E-state index contributed by atoms with van der Waals surface area (Å²) in [5.41, 5.74) is 0.902. The van der Waals surface area contributed by atoms with Crippen LogP contribution < -0.4 is 4.90 Å². The minimum Gasteiger partial charge on any atom is -0.462 e. The predicted octanol–water partition coefficient (Wildman–Crippen LogP) is 2.73. The van der Waals surface area contributed by atoms with Crippen molar-refractivity contribution in [2.45, 2.75) is 6.92 Å². The van der Waals surface area contributed by atoms with Crippen LogP contribution in [-0.4, -0.2) is 54.5 Å². The molecular weight excluding hydrogens is 362 g/mol. The lowest BCUT2D eigenvalue weighted by molar-refractivity contribution is -0.384. The van der Waals surface area contributed by atoms with E-state index in [1.165, 1.54) is 12.1 Å². The molecule has 0 spiro atoms. The number of para-hydroxylation sites is 1. The van der Waals surface area contributed by atoms with Crippen molar-refractivity contribution in [1.82, 2.24) is 4.90 Å². The van der Waals surface area contributed by atoms with Crippen LogP contribution in [0.15, 0.2) is 48.5 Å². The highest BCUT2D eigenvalue weighted by molar-refractivity contribution is 5.99. The molecule has 0 N–H and O–H groups in total. The molecule has 0 atom stereocenters. The van der Waals surface area contributed by atoms with Gasteiger partial charge < -0.3 is 14.5 Å². The summed E-state index contributed by atoms with van der Waals surface area (Å²) in [7, 11) is 0. The van der Waals surface area contributed by atoms with Crippen LogP contribution in [0.25, 0.3) is 0 Å². The number of ether oxygens (including phenoxy) is 1. The van der Waals surface area contributed by atoms with Gasteiger partial charge in [-0.2, -0.15) is 0 Å². The zero-order valence-corrected chi connectivity index (χ0v) is 15.5. The van der Waals surface area contributed by atoms with Crippen molar-refractivity contribution in [3.63, 3.8) is 0 Å². The number of non-ortho nitro benzene ring substituents is 1. The molecule has 2 aromatic carbocycles. The molecule has 1 saturated heterocycles. The Morgan fingerprint density at radius 3 is 2.29 bits per heavy atom. The zero-order chi connectivity index (χ0) is 20.1. The Morgan fingerprint density at radius 2 is 1.68 bits per heavy atom. The minimum atomic E-state index is -0.686. The summed E-state index contributed by atoms with van der Waals surface area (Å²) in [6, 6.07) is 13.6. The van der Waals surface area contributed by atoms with Crippen LogP contribution in [0.4, 0.5) is 11.4 Å². The molecule has 0 saturated carbocycles. The lowest BCUT2D eigenvalue weighted by Crippen LogP contribution is -2.48. The second-order valence-corrected chi connectivity index (χ2v) is 6.36. The third-order valence-electron chi connectivity index (χ3n) is 4.57. The van der Waals surface area contributed by atoms with Crippen LogP contribution in [0.5, 0.6) is 0 Å². The van der Waals surface area contributed by atoms with E-state index in [-0.39, 0.29) is 29.3 Å². The first kappa shape index (κ1) is 19.3. The van der Waals surface area contributed by atoms with E-state index in [4.69, 9.17) is 4.74 Å². The molecule has 1 aliphatic rings. The number of amides is 1. The molecule has 0 aliphatic carbocycles. The van der Waals surface area contributed by atoms with Crippen LogP contribution in [-0.2, 0) is 4.74 Å². The van der Waals surface area contributed by atoms with Gasteiger partial charge >= 0.3 is 5.97 Å². The SMILES string of the molecule is CCOC(=O)c1cc(C(=O)N2CCN(c3ccccc3)CC2)cc([N+](=O)[O-])c1. The number of hydrogen-bond acceptors (Lipinski definition) is 6. The van der Waals surface area contributed by atoms with Gasteiger partial charge in [-0.3, -0.25) is 14.9 Å². The number of nitrogens with zero attached hydrogens (tertiary/aromatic N) is 3.